The molecule has 82 valence electrons. The quantitative estimate of drug-likeness (QED) is 0.475. The Hall–Kier alpha value is -1.96. The molecule has 0 aliphatic carbocycles. The third kappa shape index (κ3) is 1.74. The summed E-state index contributed by atoms with van der Waals surface area (Å²) in [7, 11) is 0. The molecule has 0 aliphatic rings. The van der Waals surface area contributed by atoms with Crippen LogP contribution in [-0.2, 0) is 0 Å². The van der Waals surface area contributed by atoms with E-state index in [0.717, 1.165) is 4.47 Å². The maximum Gasteiger partial charge on any atom is 0.440 e. The van der Waals surface area contributed by atoms with Crippen LogP contribution >= 0.6 is 15.9 Å². The molecule has 0 atom stereocenters. The van der Waals surface area contributed by atoms with Crippen molar-refractivity contribution in [2.45, 2.75) is 0 Å². The molecule has 2 rings (SSSR count). The summed E-state index contributed by atoms with van der Waals surface area (Å²) in [4.78, 5) is 9.84. The molecule has 0 saturated heterocycles. The van der Waals surface area contributed by atoms with Gasteiger partial charge in [-0.05, 0) is 34.1 Å². The highest BCUT2D eigenvalue weighted by molar-refractivity contribution is 9.10. The first-order valence-corrected chi connectivity index (χ1v) is 4.89. The maximum atomic E-state index is 11.2. The van der Waals surface area contributed by atoms with Gasteiger partial charge in [-0.2, -0.15) is 0 Å². The van der Waals surface area contributed by atoms with E-state index in [0.29, 0.717) is 5.56 Å². The van der Waals surface area contributed by atoms with Crippen molar-refractivity contribution in [2.24, 2.45) is 0 Å². The van der Waals surface area contributed by atoms with Crippen molar-refractivity contribution < 1.29 is 14.5 Å². The van der Waals surface area contributed by atoms with E-state index in [1.165, 1.54) is 0 Å². The Labute approximate surface area is 97.1 Å². The summed E-state index contributed by atoms with van der Waals surface area (Å²) in [5.74, 6) is -0.600. The van der Waals surface area contributed by atoms with Crippen LogP contribution in [0.3, 0.4) is 0 Å². The lowest BCUT2D eigenvalue weighted by Crippen LogP contribution is -2.25. The van der Waals surface area contributed by atoms with Crippen LogP contribution in [0, 0.1) is 15.3 Å². The normalized spacial score (nSPS) is 10.3. The fourth-order valence-electron chi connectivity index (χ4n) is 1.20. The predicted octanol–water partition coefficient (Wildman–Crippen LogP) is 1.65. The van der Waals surface area contributed by atoms with Gasteiger partial charge in [0.15, 0.2) is 0 Å². The Bertz CT molecular complexity index is 537. The van der Waals surface area contributed by atoms with E-state index in [9.17, 15) is 15.3 Å². The van der Waals surface area contributed by atoms with Crippen LogP contribution in [0.4, 0.5) is 5.82 Å². The van der Waals surface area contributed by atoms with Crippen LogP contribution in [0.2, 0.25) is 0 Å². The summed E-state index contributed by atoms with van der Waals surface area (Å²) in [5, 5.41) is 24.9. The first-order valence-electron chi connectivity index (χ1n) is 4.09. The lowest BCUT2D eigenvalue weighted by Gasteiger charge is -1.97. The minimum atomic E-state index is -0.769. The molecule has 0 bridgehead atoms. The molecule has 0 unspecified atom stereocenters. The Morgan fingerprint density at radius 2 is 2.00 bits per heavy atom. The van der Waals surface area contributed by atoms with Crippen LogP contribution in [0.25, 0.3) is 11.3 Å². The Kier molecular flexibility index (Phi) is 2.57. The molecular formula is C8H4BrN3O4. The first kappa shape index (κ1) is 10.6. The second-order valence-corrected chi connectivity index (χ2v) is 3.78. The van der Waals surface area contributed by atoms with E-state index in [-0.39, 0.29) is 10.6 Å². The molecule has 1 aromatic carbocycles. The summed E-state index contributed by atoms with van der Waals surface area (Å²) >= 11 is 3.22. The molecule has 0 saturated carbocycles. The number of halogens is 1. The number of hydrogen-bond donors (Lipinski definition) is 0. The Morgan fingerprint density at radius 3 is 2.56 bits per heavy atom. The smallest absolute Gasteiger partial charge is 0.359 e. The monoisotopic (exact) mass is 285 g/mol. The minimum Gasteiger partial charge on any atom is -0.359 e. The van der Waals surface area contributed by atoms with Crippen molar-refractivity contribution in [1.82, 2.24) is 5.16 Å². The third-order valence-corrected chi connectivity index (χ3v) is 2.42. The summed E-state index contributed by atoms with van der Waals surface area (Å²) in [6.07, 6.45) is 0. The van der Waals surface area contributed by atoms with Gasteiger partial charge in [0.2, 0.25) is 0 Å². The number of aromatic nitrogens is 2. The average molecular weight is 286 g/mol. The van der Waals surface area contributed by atoms with E-state index in [1.807, 2.05) is 0 Å². The second kappa shape index (κ2) is 3.89. The molecule has 1 aromatic heterocycles. The molecule has 0 radical (unpaired) electrons. The Morgan fingerprint density at radius 1 is 1.38 bits per heavy atom. The highest BCUT2D eigenvalue weighted by Gasteiger charge is 2.26. The number of benzene rings is 1. The van der Waals surface area contributed by atoms with Gasteiger partial charge in [0.1, 0.15) is 0 Å². The fraction of sp³-hybridized carbons (Fsp3) is 0. The number of nitrogens with zero attached hydrogens (tertiary/aromatic N) is 3. The second-order valence-electron chi connectivity index (χ2n) is 2.87. The molecule has 16 heavy (non-hydrogen) atoms. The molecule has 0 fully saturated rings. The SMILES string of the molecule is O=[N+]([O-])c1no[n+]([O-])c1-c1ccc(Br)cc1. The van der Waals surface area contributed by atoms with Crippen LogP contribution in [0.1, 0.15) is 0 Å². The van der Waals surface area contributed by atoms with Gasteiger partial charge in [0, 0.05) is 10.0 Å². The van der Waals surface area contributed by atoms with Gasteiger partial charge >= 0.3 is 5.82 Å². The van der Waals surface area contributed by atoms with Crippen LogP contribution in [-0.4, -0.2) is 10.1 Å². The highest BCUT2D eigenvalue weighted by Crippen LogP contribution is 2.25. The number of nitro groups is 1. The molecular weight excluding hydrogens is 282 g/mol. The van der Waals surface area contributed by atoms with Crippen LogP contribution in [0.5, 0.6) is 0 Å². The van der Waals surface area contributed by atoms with Crippen LogP contribution < -0.4 is 4.90 Å². The predicted molar refractivity (Wildman–Crippen MR) is 55.3 cm³/mol. The lowest BCUT2D eigenvalue weighted by atomic mass is 10.1. The van der Waals surface area contributed by atoms with Gasteiger partial charge < -0.3 is 15.3 Å². The van der Waals surface area contributed by atoms with E-state index in [2.05, 4.69) is 25.7 Å². The molecule has 0 N–H and O–H groups in total. The lowest BCUT2D eigenvalue weighted by molar-refractivity contribution is -0.793. The molecule has 1 heterocycles. The molecule has 2 aromatic rings. The van der Waals surface area contributed by atoms with Gasteiger partial charge in [-0.1, -0.05) is 15.9 Å². The van der Waals surface area contributed by atoms with E-state index in [1.54, 1.807) is 24.3 Å². The molecule has 7 nitrogen and oxygen atoms in total. The van der Waals surface area contributed by atoms with E-state index in [4.69, 9.17) is 0 Å². The van der Waals surface area contributed by atoms with Gasteiger partial charge in [0.25, 0.3) is 5.69 Å². The zero-order valence-corrected chi connectivity index (χ0v) is 9.25. The summed E-state index contributed by atoms with van der Waals surface area (Å²) in [5.41, 5.74) is 0.156. The topological polar surface area (TPSA) is 96.1 Å². The number of rotatable bonds is 2. The van der Waals surface area contributed by atoms with Crippen molar-refractivity contribution in [3.63, 3.8) is 0 Å². The Balaban J connectivity index is 2.58. The minimum absolute atomic E-state index is 0.0152. The molecule has 8 heteroatoms. The van der Waals surface area contributed by atoms with Gasteiger partial charge in [0.05, 0.1) is 5.16 Å². The first-order chi connectivity index (χ1) is 7.59. The third-order valence-electron chi connectivity index (χ3n) is 1.89. The zero-order valence-electron chi connectivity index (χ0n) is 7.66. The zero-order chi connectivity index (χ0) is 11.7. The highest BCUT2D eigenvalue weighted by atomic mass is 79.9. The van der Waals surface area contributed by atoms with Crippen molar-refractivity contribution >= 4 is 21.7 Å². The van der Waals surface area contributed by atoms with E-state index < -0.39 is 10.7 Å². The summed E-state index contributed by atoms with van der Waals surface area (Å²) in [6.45, 7) is 0. The van der Waals surface area contributed by atoms with Crippen molar-refractivity contribution in [1.29, 1.82) is 0 Å². The van der Waals surface area contributed by atoms with Crippen molar-refractivity contribution in [3.05, 3.63) is 44.1 Å². The fourth-order valence-corrected chi connectivity index (χ4v) is 1.47. The van der Waals surface area contributed by atoms with Crippen molar-refractivity contribution in [3.8, 4) is 11.3 Å². The van der Waals surface area contributed by atoms with Crippen LogP contribution in [0.15, 0.2) is 33.4 Å². The molecule has 0 amide bonds. The van der Waals surface area contributed by atoms with E-state index >= 15 is 0 Å². The largest absolute Gasteiger partial charge is 0.440 e. The average Bonchev–Trinajstić information content (AvgIpc) is 2.62. The van der Waals surface area contributed by atoms with Gasteiger partial charge in [-0.15, -0.1) is 0 Å². The maximum absolute atomic E-state index is 11.2. The standard InChI is InChI=1S/C8H4BrN3O4/c9-6-3-1-5(2-4-6)7-8(11(13)14)10-16-12(7)15/h1-4H. The van der Waals surface area contributed by atoms with Crippen molar-refractivity contribution in [2.75, 3.05) is 0 Å². The molecule has 0 spiro atoms. The molecule has 0 aliphatic heterocycles. The number of hydrogen-bond acceptors (Lipinski definition) is 5. The summed E-state index contributed by atoms with van der Waals surface area (Å²) in [6, 6.07) is 6.42. The van der Waals surface area contributed by atoms with Gasteiger partial charge in [-0.25, -0.2) is 0 Å². The summed E-state index contributed by atoms with van der Waals surface area (Å²) < 4.78 is 5.00. The van der Waals surface area contributed by atoms with Gasteiger partial charge in [-0.3, -0.25) is 4.63 Å².